The first-order valence-electron chi connectivity index (χ1n) is 10.1. The maximum absolute atomic E-state index is 14.1. The van der Waals surface area contributed by atoms with Crippen LogP contribution in [0.2, 0.25) is 0 Å². The van der Waals surface area contributed by atoms with Crippen molar-refractivity contribution in [1.82, 2.24) is 25.1 Å². The number of primary amides is 1. The van der Waals surface area contributed by atoms with Gasteiger partial charge in [-0.3, -0.25) is 9.89 Å². The molecule has 0 radical (unpaired) electrons. The van der Waals surface area contributed by atoms with Gasteiger partial charge >= 0.3 is 6.18 Å². The molecule has 1 aromatic carbocycles. The number of nitrogens with one attached hydrogen (secondary N) is 1. The maximum Gasteiger partial charge on any atom is 0.416 e. The Balaban J connectivity index is 1.56. The number of hydrogen-bond donors (Lipinski definition) is 2. The molecule has 11 heteroatoms. The Morgan fingerprint density at radius 2 is 2.06 bits per heavy atom. The summed E-state index contributed by atoms with van der Waals surface area (Å²) in [6, 6.07) is 4.16. The standard InChI is InChI=1S/C21H19F3N6OS/c22-21(23,24)14-7-11(17-13-8-28-29-19(13)27-10-26-17)5-6-12(14)9-30-15-3-1-2-4-16(15)32-20(30)18(25)31/h5-8,10,20H,1-4,9H2,(H2,25,31)(H,26,27,28,29). The topological polar surface area (TPSA) is 101 Å². The molecule has 7 nitrogen and oxygen atoms in total. The molecule has 0 saturated heterocycles. The lowest BCUT2D eigenvalue weighted by molar-refractivity contribution is -0.138. The number of alkyl halides is 3. The van der Waals surface area contributed by atoms with Gasteiger partial charge in [0.05, 0.1) is 22.8 Å². The van der Waals surface area contributed by atoms with E-state index < -0.39 is 23.0 Å². The molecule has 0 spiro atoms. The van der Waals surface area contributed by atoms with Gasteiger partial charge in [-0.05, 0) is 37.3 Å². The number of halogens is 3. The highest BCUT2D eigenvalue weighted by molar-refractivity contribution is 8.04. The Hall–Kier alpha value is -3.08. The molecule has 0 bridgehead atoms. The molecule has 1 aliphatic carbocycles. The van der Waals surface area contributed by atoms with Crippen LogP contribution < -0.4 is 5.73 Å². The molecular weight excluding hydrogens is 441 g/mol. The van der Waals surface area contributed by atoms with E-state index in [1.165, 1.54) is 30.4 Å². The lowest BCUT2D eigenvalue weighted by atomic mass is 9.98. The number of benzene rings is 1. The third-order valence-electron chi connectivity index (χ3n) is 5.79. The van der Waals surface area contributed by atoms with Gasteiger partial charge in [0.1, 0.15) is 6.33 Å². The minimum absolute atomic E-state index is 0.0422. The van der Waals surface area contributed by atoms with Crippen molar-refractivity contribution in [3.8, 4) is 11.3 Å². The monoisotopic (exact) mass is 460 g/mol. The zero-order chi connectivity index (χ0) is 22.5. The van der Waals surface area contributed by atoms with E-state index in [2.05, 4.69) is 20.2 Å². The van der Waals surface area contributed by atoms with Gasteiger partial charge in [0.25, 0.3) is 5.91 Å². The third kappa shape index (κ3) is 3.60. The van der Waals surface area contributed by atoms with E-state index in [1.54, 1.807) is 11.0 Å². The van der Waals surface area contributed by atoms with E-state index in [0.717, 1.165) is 42.4 Å². The number of aromatic nitrogens is 4. The van der Waals surface area contributed by atoms with E-state index in [1.807, 2.05) is 0 Å². The predicted molar refractivity (Wildman–Crippen MR) is 114 cm³/mol. The molecule has 3 aromatic rings. The molecule has 2 aliphatic rings. The molecule has 2 aromatic heterocycles. The van der Waals surface area contributed by atoms with Gasteiger partial charge in [-0.25, -0.2) is 9.97 Å². The van der Waals surface area contributed by atoms with Crippen molar-refractivity contribution in [2.75, 3.05) is 0 Å². The number of aromatic amines is 1. The average molecular weight is 460 g/mol. The lowest BCUT2D eigenvalue weighted by Crippen LogP contribution is -2.39. The number of thioether (sulfide) groups is 1. The minimum atomic E-state index is -4.58. The van der Waals surface area contributed by atoms with Crippen LogP contribution in [0.1, 0.15) is 36.8 Å². The summed E-state index contributed by atoms with van der Waals surface area (Å²) in [7, 11) is 0. The van der Waals surface area contributed by atoms with Crippen molar-refractivity contribution >= 4 is 28.7 Å². The molecule has 166 valence electrons. The number of fused-ring (bicyclic) bond motifs is 1. The predicted octanol–water partition coefficient (Wildman–Crippen LogP) is 4.18. The van der Waals surface area contributed by atoms with Gasteiger partial charge < -0.3 is 10.6 Å². The Morgan fingerprint density at radius 1 is 1.25 bits per heavy atom. The largest absolute Gasteiger partial charge is 0.416 e. The van der Waals surface area contributed by atoms with E-state index in [9.17, 15) is 18.0 Å². The van der Waals surface area contributed by atoms with E-state index in [-0.39, 0.29) is 12.1 Å². The molecule has 0 saturated carbocycles. The summed E-state index contributed by atoms with van der Waals surface area (Å²) >= 11 is 1.37. The second-order valence-corrected chi connectivity index (χ2v) is 8.98. The number of carbonyl (C=O) groups excluding carboxylic acids is 1. The average Bonchev–Trinajstić information content (AvgIpc) is 3.38. The maximum atomic E-state index is 14.1. The van der Waals surface area contributed by atoms with Crippen molar-refractivity contribution in [2.45, 2.75) is 43.8 Å². The molecule has 1 amide bonds. The fourth-order valence-corrected chi connectivity index (χ4v) is 5.66. The van der Waals surface area contributed by atoms with Gasteiger partial charge in [-0.1, -0.05) is 23.9 Å². The first-order chi connectivity index (χ1) is 15.3. The number of nitrogens with two attached hydrogens (primary N) is 1. The smallest absolute Gasteiger partial charge is 0.367 e. The van der Waals surface area contributed by atoms with Gasteiger partial charge in [0.15, 0.2) is 11.0 Å². The molecule has 3 N–H and O–H groups in total. The molecule has 32 heavy (non-hydrogen) atoms. The summed E-state index contributed by atoms with van der Waals surface area (Å²) < 4.78 is 42.2. The number of hydrogen-bond acceptors (Lipinski definition) is 6. The van der Waals surface area contributed by atoms with Crippen LogP contribution in [-0.2, 0) is 17.5 Å². The number of allylic oxidation sites excluding steroid dienone is 2. The number of H-pyrrole nitrogens is 1. The molecule has 1 atom stereocenters. The summed E-state index contributed by atoms with van der Waals surface area (Å²) in [5.74, 6) is -0.544. The van der Waals surface area contributed by atoms with Crippen LogP contribution >= 0.6 is 11.8 Å². The summed E-state index contributed by atoms with van der Waals surface area (Å²) in [5, 5.41) is 6.44. The summed E-state index contributed by atoms with van der Waals surface area (Å²) in [6.07, 6.45) is 1.72. The second kappa shape index (κ2) is 7.80. The highest BCUT2D eigenvalue weighted by Crippen LogP contribution is 2.47. The van der Waals surface area contributed by atoms with Crippen LogP contribution in [0.4, 0.5) is 13.2 Å². The van der Waals surface area contributed by atoms with Crippen LogP contribution in [-0.4, -0.2) is 36.3 Å². The Bertz CT molecular complexity index is 1240. The van der Waals surface area contributed by atoms with Crippen molar-refractivity contribution < 1.29 is 18.0 Å². The first-order valence-corrected chi connectivity index (χ1v) is 11.0. The van der Waals surface area contributed by atoms with Crippen molar-refractivity contribution in [3.05, 3.63) is 52.5 Å². The van der Waals surface area contributed by atoms with Crippen LogP contribution in [0, 0.1) is 0 Å². The Morgan fingerprint density at radius 3 is 2.84 bits per heavy atom. The summed E-state index contributed by atoms with van der Waals surface area (Å²) in [5.41, 5.74) is 6.99. The number of carbonyl (C=O) groups is 1. The van der Waals surface area contributed by atoms with Crippen LogP contribution in [0.15, 0.2) is 41.3 Å². The van der Waals surface area contributed by atoms with E-state index in [4.69, 9.17) is 5.73 Å². The lowest BCUT2D eigenvalue weighted by Gasteiger charge is -2.29. The first kappa shape index (κ1) is 20.8. The van der Waals surface area contributed by atoms with Crippen molar-refractivity contribution in [2.24, 2.45) is 5.73 Å². The molecule has 1 aliphatic heterocycles. The number of amides is 1. The fourth-order valence-electron chi connectivity index (χ4n) is 4.33. The van der Waals surface area contributed by atoms with Gasteiger partial charge in [0, 0.05) is 22.7 Å². The third-order valence-corrected chi connectivity index (χ3v) is 7.23. The zero-order valence-corrected chi connectivity index (χ0v) is 17.6. The Kier molecular flexibility index (Phi) is 5.07. The van der Waals surface area contributed by atoms with Gasteiger partial charge in [0.2, 0.25) is 0 Å². The molecule has 1 unspecified atom stereocenters. The number of nitrogens with zero attached hydrogens (tertiary/aromatic N) is 4. The normalized spacial score (nSPS) is 19.0. The summed E-state index contributed by atoms with van der Waals surface area (Å²) in [4.78, 5) is 23.1. The van der Waals surface area contributed by atoms with Gasteiger partial charge in [-0.2, -0.15) is 18.3 Å². The minimum Gasteiger partial charge on any atom is -0.367 e. The molecule has 0 fully saturated rings. The molecule has 3 heterocycles. The second-order valence-electron chi connectivity index (χ2n) is 7.80. The Labute approximate surface area is 185 Å². The highest BCUT2D eigenvalue weighted by atomic mass is 32.2. The molecular formula is C21H19F3N6OS. The van der Waals surface area contributed by atoms with E-state index >= 15 is 0 Å². The van der Waals surface area contributed by atoms with Gasteiger partial charge in [-0.15, -0.1) is 0 Å². The highest BCUT2D eigenvalue weighted by Gasteiger charge is 2.39. The van der Waals surface area contributed by atoms with Crippen molar-refractivity contribution in [1.29, 1.82) is 0 Å². The molecule has 5 rings (SSSR count). The fraction of sp³-hybridized carbons (Fsp3) is 0.333. The quantitative estimate of drug-likeness (QED) is 0.606. The van der Waals surface area contributed by atoms with Crippen molar-refractivity contribution in [3.63, 3.8) is 0 Å². The summed E-state index contributed by atoms with van der Waals surface area (Å²) in [6.45, 7) is -0.0422. The van der Waals surface area contributed by atoms with Crippen LogP contribution in [0.3, 0.4) is 0 Å². The van der Waals surface area contributed by atoms with Crippen LogP contribution in [0.25, 0.3) is 22.3 Å². The van der Waals surface area contributed by atoms with E-state index in [0.29, 0.717) is 22.3 Å². The number of rotatable bonds is 4. The zero-order valence-electron chi connectivity index (χ0n) is 16.8. The van der Waals surface area contributed by atoms with Crippen LogP contribution in [0.5, 0.6) is 0 Å². The SMILES string of the molecule is NC(=O)C1SC2=C(CCCC2)N1Cc1ccc(-c2ncnc3[nH]ncc23)cc1C(F)(F)F.